The second-order valence-corrected chi connectivity index (χ2v) is 10.1. The molecule has 0 saturated carbocycles. The second-order valence-electron chi connectivity index (χ2n) is 10.1. The molecule has 4 rings (SSSR count). The summed E-state index contributed by atoms with van der Waals surface area (Å²) in [6, 6.07) is 21.4. The summed E-state index contributed by atoms with van der Waals surface area (Å²) in [7, 11) is 0. The zero-order valence-electron chi connectivity index (χ0n) is 23.2. The van der Waals surface area contributed by atoms with Crippen LogP contribution in [0.15, 0.2) is 78.9 Å². The van der Waals surface area contributed by atoms with Crippen LogP contribution in [-0.4, -0.2) is 51.9 Å². The number of fused-ring (bicyclic) bond motifs is 1. The lowest BCUT2D eigenvalue weighted by atomic mass is 9.91. The number of carbonyl (C=O) groups excluding carboxylic acids is 3. The summed E-state index contributed by atoms with van der Waals surface area (Å²) in [5.74, 6) is -1.57. The van der Waals surface area contributed by atoms with Crippen molar-refractivity contribution in [2.24, 2.45) is 0 Å². The number of amides is 3. The SMILES string of the molecule is CCC(OCc1ccccc1)C(NC(=O)Nc1cccc(C(C)=O)c1)C(=O)N1Cc2ccccc2C[C@@H]1CC(=O)O. The number of ether oxygens (including phenoxy) is 1. The van der Waals surface area contributed by atoms with Gasteiger partial charge in [0.25, 0.3) is 0 Å². The molecule has 0 aliphatic carbocycles. The van der Waals surface area contributed by atoms with E-state index < -0.39 is 36.1 Å². The number of rotatable bonds is 11. The van der Waals surface area contributed by atoms with E-state index in [9.17, 15) is 24.3 Å². The minimum atomic E-state index is -1.10. The van der Waals surface area contributed by atoms with Crippen LogP contribution in [0.25, 0.3) is 0 Å². The lowest BCUT2D eigenvalue weighted by Crippen LogP contribution is -2.58. The molecular weight excluding hydrogens is 522 g/mol. The number of carboxylic acid groups (broad SMARTS) is 1. The monoisotopic (exact) mass is 557 g/mol. The minimum Gasteiger partial charge on any atom is -0.481 e. The fraction of sp³-hybridized carbons (Fsp3) is 0.312. The van der Waals surface area contributed by atoms with E-state index in [1.807, 2.05) is 61.5 Å². The summed E-state index contributed by atoms with van der Waals surface area (Å²) < 4.78 is 6.19. The van der Waals surface area contributed by atoms with Gasteiger partial charge >= 0.3 is 12.0 Å². The van der Waals surface area contributed by atoms with Crippen LogP contribution < -0.4 is 10.6 Å². The molecule has 0 spiro atoms. The first-order valence-electron chi connectivity index (χ1n) is 13.7. The van der Waals surface area contributed by atoms with Crippen molar-refractivity contribution in [1.29, 1.82) is 0 Å². The number of nitrogens with one attached hydrogen (secondary N) is 2. The highest BCUT2D eigenvalue weighted by atomic mass is 16.5. The minimum absolute atomic E-state index is 0.141. The van der Waals surface area contributed by atoms with Crippen molar-refractivity contribution in [2.45, 2.75) is 64.4 Å². The Bertz CT molecular complexity index is 1390. The van der Waals surface area contributed by atoms with Gasteiger partial charge in [-0.05, 0) is 48.6 Å². The highest BCUT2D eigenvalue weighted by Crippen LogP contribution is 2.27. The highest BCUT2D eigenvalue weighted by molar-refractivity contribution is 5.98. The number of aliphatic carboxylic acids is 1. The Labute approximate surface area is 239 Å². The molecule has 3 aromatic carbocycles. The maximum absolute atomic E-state index is 14.2. The molecule has 9 heteroatoms. The topological polar surface area (TPSA) is 125 Å². The Kier molecular flexibility index (Phi) is 9.86. The van der Waals surface area contributed by atoms with Gasteiger partial charge in [-0.25, -0.2) is 4.79 Å². The van der Waals surface area contributed by atoms with Crippen molar-refractivity contribution in [3.8, 4) is 0 Å². The molecule has 0 aromatic heterocycles. The zero-order chi connectivity index (χ0) is 29.4. The van der Waals surface area contributed by atoms with Gasteiger partial charge < -0.3 is 25.4 Å². The number of anilines is 1. The van der Waals surface area contributed by atoms with Gasteiger partial charge in [0.2, 0.25) is 5.91 Å². The number of benzene rings is 3. The van der Waals surface area contributed by atoms with Crippen molar-refractivity contribution in [3.05, 3.63) is 101 Å². The number of Topliss-reactive ketones (excluding diaryl/α,β-unsaturated/α-hetero) is 1. The van der Waals surface area contributed by atoms with Crippen LogP contribution in [-0.2, 0) is 33.9 Å². The number of urea groups is 1. The first kappa shape index (κ1) is 29.5. The van der Waals surface area contributed by atoms with E-state index in [1.54, 1.807) is 29.2 Å². The second kappa shape index (κ2) is 13.7. The molecule has 1 aliphatic heterocycles. The number of carbonyl (C=O) groups is 4. The predicted molar refractivity (Wildman–Crippen MR) is 154 cm³/mol. The van der Waals surface area contributed by atoms with Gasteiger partial charge in [0.05, 0.1) is 19.1 Å². The first-order chi connectivity index (χ1) is 19.7. The average molecular weight is 558 g/mol. The van der Waals surface area contributed by atoms with Gasteiger partial charge in [0.15, 0.2) is 5.78 Å². The third-order valence-electron chi connectivity index (χ3n) is 7.21. The summed E-state index contributed by atoms with van der Waals surface area (Å²) in [4.78, 5) is 52.5. The Morgan fingerprint density at radius 1 is 0.976 bits per heavy atom. The van der Waals surface area contributed by atoms with Gasteiger partial charge in [-0.3, -0.25) is 14.4 Å². The fourth-order valence-corrected chi connectivity index (χ4v) is 5.07. The number of nitrogens with zero attached hydrogens (tertiary/aromatic N) is 1. The largest absolute Gasteiger partial charge is 0.481 e. The molecule has 41 heavy (non-hydrogen) atoms. The fourth-order valence-electron chi connectivity index (χ4n) is 5.07. The average Bonchev–Trinajstić information content (AvgIpc) is 2.96. The van der Waals surface area contributed by atoms with Gasteiger partial charge in [-0.2, -0.15) is 0 Å². The van der Waals surface area contributed by atoms with Crippen molar-refractivity contribution in [2.75, 3.05) is 5.32 Å². The van der Waals surface area contributed by atoms with Gasteiger partial charge in [0.1, 0.15) is 6.04 Å². The summed E-state index contributed by atoms with van der Waals surface area (Å²) in [5, 5.41) is 15.1. The van der Waals surface area contributed by atoms with E-state index in [2.05, 4.69) is 10.6 Å². The molecule has 0 bridgehead atoms. The first-order valence-corrected chi connectivity index (χ1v) is 13.7. The van der Waals surface area contributed by atoms with E-state index in [4.69, 9.17) is 4.74 Å². The van der Waals surface area contributed by atoms with Crippen molar-refractivity contribution >= 4 is 29.4 Å². The lowest BCUT2D eigenvalue weighted by molar-refractivity contribution is -0.145. The molecule has 1 heterocycles. The summed E-state index contributed by atoms with van der Waals surface area (Å²) in [6.07, 6.45) is -0.109. The van der Waals surface area contributed by atoms with Gasteiger partial charge in [-0.15, -0.1) is 0 Å². The maximum atomic E-state index is 14.2. The molecule has 1 aliphatic rings. The Balaban J connectivity index is 1.61. The van der Waals surface area contributed by atoms with Gasteiger partial charge in [-0.1, -0.05) is 73.7 Å². The third-order valence-corrected chi connectivity index (χ3v) is 7.21. The summed E-state index contributed by atoms with van der Waals surface area (Å²) >= 11 is 0. The van der Waals surface area contributed by atoms with Crippen molar-refractivity contribution < 1.29 is 29.0 Å². The number of ketones is 1. The van der Waals surface area contributed by atoms with Crippen LogP contribution in [0.4, 0.5) is 10.5 Å². The normalized spacial score (nSPS) is 15.8. The lowest BCUT2D eigenvalue weighted by Gasteiger charge is -2.39. The molecule has 3 aromatic rings. The van der Waals surface area contributed by atoms with Crippen LogP contribution in [0.2, 0.25) is 0 Å². The van der Waals surface area contributed by atoms with Gasteiger partial charge in [0, 0.05) is 23.8 Å². The molecule has 3 atom stereocenters. The Morgan fingerprint density at radius 2 is 1.68 bits per heavy atom. The molecule has 0 fully saturated rings. The Morgan fingerprint density at radius 3 is 2.37 bits per heavy atom. The van der Waals surface area contributed by atoms with Crippen LogP contribution in [0.3, 0.4) is 0 Å². The van der Waals surface area contributed by atoms with E-state index in [0.717, 1.165) is 16.7 Å². The van der Waals surface area contributed by atoms with Crippen LogP contribution >= 0.6 is 0 Å². The summed E-state index contributed by atoms with van der Waals surface area (Å²) in [6.45, 7) is 3.76. The van der Waals surface area contributed by atoms with Crippen LogP contribution in [0.1, 0.15) is 53.7 Å². The molecule has 0 saturated heterocycles. The molecule has 3 N–H and O–H groups in total. The number of hydrogen-bond donors (Lipinski definition) is 3. The molecule has 0 radical (unpaired) electrons. The molecule has 9 nitrogen and oxygen atoms in total. The van der Waals surface area contributed by atoms with E-state index in [1.165, 1.54) is 6.92 Å². The standard InChI is InChI=1S/C32H35N3O6/c1-3-28(41-20-22-10-5-4-6-11-22)30(34-32(40)33-26-15-9-14-23(16-26)21(2)36)31(39)35-19-25-13-8-7-12-24(25)17-27(35)18-29(37)38/h4-16,27-28,30H,3,17-20H2,1-2H3,(H,37,38)(H2,33,34,40)/t27-,28?,30?/m1/s1. The molecular formula is C32H35N3O6. The quantitative estimate of drug-likeness (QED) is 0.291. The van der Waals surface area contributed by atoms with E-state index in [-0.39, 0.29) is 25.4 Å². The molecule has 3 amide bonds. The van der Waals surface area contributed by atoms with Crippen LogP contribution in [0.5, 0.6) is 0 Å². The van der Waals surface area contributed by atoms with E-state index >= 15 is 0 Å². The van der Waals surface area contributed by atoms with Crippen LogP contribution in [0, 0.1) is 0 Å². The number of hydrogen-bond acceptors (Lipinski definition) is 5. The third kappa shape index (κ3) is 7.79. The van der Waals surface area contributed by atoms with Crippen molar-refractivity contribution in [3.63, 3.8) is 0 Å². The van der Waals surface area contributed by atoms with Crippen molar-refractivity contribution in [1.82, 2.24) is 10.2 Å². The zero-order valence-corrected chi connectivity index (χ0v) is 23.2. The predicted octanol–water partition coefficient (Wildman–Crippen LogP) is 4.80. The number of carboxylic acids is 1. The smallest absolute Gasteiger partial charge is 0.319 e. The highest BCUT2D eigenvalue weighted by Gasteiger charge is 2.39. The Hall–Kier alpha value is -4.50. The maximum Gasteiger partial charge on any atom is 0.319 e. The molecule has 214 valence electrons. The van der Waals surface area contributed by atoms with E-state index in [0.29, 0.717) is 24.1 Å². The summed E-state index contributed by atoms with van der Waals surface area (Å²) in [5.41, 5.74) is 3.69. The molecule has 2 unspecified atom stereocenters.